The molecule has 0 fully saturated rings. The smallest absolute Gasteiger partial charge is 0.261 e. The number of rotatable bonds is 6. The summed E-state index contributed by atoms with van der Waals surface area (Å²) in [6, 6.07) is 13.0. The number of amides is 1. The molecule has 0 saturated carbocycles. The second kappa shape index (κ2) is 7.90. The zero-order valence-corrected chi connectivity index (χ0v) is 15.7. The van der Waals surface area contributed by atoms with E-state index in [1.165, 1.54) is 19.1 Å². The van der Waals surface area contributed by atoms with Crippen molar-refractivity contribution in [2.45, 2.75) is 13.5 Å². The average molecular weight is 367 g/mol. The number of carbonyl (C=O) groups is 1. The third-order valence-corrected chi connectivity index (χ3v) is 4.14. The lowest BCUT2D eigenvalue weighted by Crippen LogP contribution is -2.27. The van der Waals surface area contributed by atoms with Gasteiger partial charge >= 0.3 is 0 Å². The monoisotopic (exact) mass is 367 g/mol. The number of methoxy groups -OCH3 is 2. The Kier molecular flexibility index (Phi) is 5.40. The molecule has 3 rings (SSSR count). The van der Waals surface area contributed by atoms with E-state index in [0.29, 0.717) is 28.8 Å². The van der Waals surface area contributed by atoms with Crippen LogP contribution in [0.2, 0.25) is 0 Å². The lowest BCUT2D eigenvalue weighted by Gasteiger charge is -2.18. The Morgan fingerprint density at radius 1 is 1.07 bits per heavy atom. The van der Waals surface area contributed by atoms with E-state index in [2.05, 4.69) is 10.1 Å². The fourth-order valence-corrected chi connectivity index (χ4v) is 2.67. The van der Waals surface area contributed by atoms with Crippen LogP contribution in [0.1, 0.15) is 21.8 Å². The molecule has 0 unspecified atom stereocenters. The number of carbonyl (C=O) groups excluding carboxylic acids is 1. The molecule has 1 aromatic heterocycles. The van der Waals surface area contributed by atoms with Gasteiger partial charge in [0.05, 0.1) is 14.2 Å². The predicted molar refractivity (Wildman–Crippen MR) is 99.8 cm³/mol. The molecule has 0 aliphatic heterocycles. The largest absolute Gasteiger partial charge is 0.496 e. The number of benzene rings is 2. The molecule has 0 bridgehead atoms. The van der Waals surface area contributed by atoms with Crippen LogP contribution in [-0.2, 0) is 6.54 Å². The van der Waals surface area contributed by atoms with E-state index in [-0.39, 0.29) is 12.5 Å². The molecular formula is C20H21N3O4. The highest BCUT2D eigenvalue weighted by Gasteiger charge is 2.23. The number of hydrogen-bond acceptors (Lipinski definition) is 6. The van der Waals surface area contributed by atoms with Crippen molar-refractivity contribution in [3.63, 3.8) is 0 Å². The Morgan fingerprint density at radius 2 is 1.70 bits per heavy atom. The van der Waals surface area contributed by atoms with E-state index in [1.54, 1.807) is 25.2 Å². The molecule has 0 N–H and O–H groups in total. The van der Waals surface area contributed by atoms with E-state index >= 15 is 0 Å². The highest BCUT2D eigenvalue weighted by atomic mass is 16.5. The van der Waals surface area contributed by atoms with Crippen LogP contribution in [0.5, 0.6) is 11.5 Å². The molecular weight excluding hydrogens is 346 g/mol. The minimum Gasteiger partial charge on any atom is -0.496 e. The van der Waals surface area contributed by atoms with E-state index < -0.39 is 0 Å². The van der Waals surface area contributed by atoms with E-state index in [1.807, 2.05) is 31.2 Å². The maximum absolute atomic E-state index is 12.9. The summed E-state index contributed by atoms with van der Waals surface area (Å²) in [6.07, 6.45) is 0. The summed E-state index contributed by atoms with van der Waals surface area (Å²) < 4.78 is 15.9. The van der Waals surface area contributed by atoms with Crippen LogP contribution in [0, 0.1) is 6.92 Å². The molecule has 2 aromatic carbocycles. The van der Waals surface area contributed by atoms with E-state index in [9.17, 15) is 4.79 Å². The first-order valence-corrected chi connectivity index (χ1v) is 8.39. The van der Waals surface area contributed by atoms with Crippen molar-refractivity contribution in [3.8, 4) is 22.9 Å². The highest BCUT2D eigenvalue weighted by molar-refractivity contribution is 5.99. The Labute approximate surface area is 157 Å². The third kappa shape index (κ3) is 3.92. The molecule has 140 valence electrons. The fraction of sp³-hybridized carbons (Fsp3) is 0.250. The Morgan fingerprint density at radius 3 is 2.30 bits per heavy atom. The molecule has 1 heterocycles. The molecule has 0 spiro atoms. The van der Waals surface area contributed by atoms with E-state index in [4.69, 9.17) is 14.0 Å². The number of aryl methyl sites for hydroxylation is 1. The van der Waals surface area contributed by atoms with Crippen LogP contribution >= 0.6 is 0 Å². The topological polar surface area (TPSA) is 77.7 Å². The first-order valence-electron chi connectivity index (χ1n) is 8.39. The van der Waals surface area contributed by atoms with Crippen molar-refractivity contribution < 1.29 is 18.8 Å². The van der Waals surface area contributed by atoms with Crippen molar-refractivity contribution in [2.24, 2.45) is 0 Å². The molecule has 1 amide bonds. The van der Waals surface area contributed by atoms with Gasteiger partial charge in [-0.15, -0.1) is 0 Å². The first kappa shape index (κ1) is 18.4. The second-order valence-electron chi connectivity index (χ2n) is 6.08. The lowest BCUT2D eigenvalue weighted by atomic mass is 10.1. The zero-order valence-electron chi connectivity index (χ0n) is 15.7. The summed E-state index contributed by atoms with van der Waals surface area (Å²) in [5, 5.41) is 4.00. The number of aromatic nitrogens is 2. The Hall–Kier alpha value is -3.35. The molecule has 0 radical (unpaired) electrons. The Bertz CT molecular complexity index is 912. The first-order chi connectivity index (χ1) is 13.0. The van der Waals surface area contributed by atoms with Crippen molar-refractivity contribution in [1.82, 2.24) is 15.0 Å². The summed E-state index contributed by atoms with van der Waals surface area (Å²) in [5.74, 6) is 1.45. The highest BCUT2D eigenvalue weighted by Crippen LogP contribution is 2.29. The van der Waals surface area contributed by atoms with Crippen LogP contribution in [0.15, 0.2) is 47.0 Å². The molecule has 0 saturated heterocycles. The van der Waals surface area contributed by atoms with E-state index in [0.717, 1.165) is 11.1 Å². The van der Waals surface area contributed by atoms with Gasteiger partial charge in [0.1, 0.15) is 23.6 Å². The van der Waals surface area contributed by atoms with Gasteiger partial charge in [0.2, 0.25) is 11.7 Å². The Balaban J connectivity index is 1.79. The molecule has 27 heavy (non-hydrogen) atoms. The van der Waals surface area contributed by atoms with Crippen LogP contribution in [0.3, 0.4) is 0 Å². The summed E-state index contributed by atoms with van der Waals surface area (Å²) in [7, 11) is 4.68. The van der Waals surface area contributed by atoms with Gasteiger partial charge in [-0.2, -0.15) is 4.98 Å². The zero-order chi connectivity index (χ0) is 19.4. The molecule has 7 nitrogen and oxygen atoms in total. The van der Waals surface area contributed by atoms with Gasteiger partial charge in [0, 0.05) is 12.6 Å². The predicted octanol–water partition coefficient (Wildman–Crippen LogP) is 3.33. The lowest BCUT2D eigenvalue weighted by molar-refractivity contribution is 0.0762. The van der Waals surface area contributed by atoms with Crippen molar-refractivity contribution in [3.05, 3.63) is 59.5 Å². The molecule has 3 aromatic rings. The minimum atomic E-state index is -0.264. The van der Waals surface area contributed by atoms with Crippen molar-refractivity contribution in [1.29, 1.82) is 0 Å². The summed E-state index contributed by atoms with van der Waals surface area (Å²) >= 11 is 0. The van der Waals surface area contributed by atoms with Gasteiger partial charge in [-0.05, 0) is 19.1 Å². The summed E-state index contributed by atoms with van der Waals surface area (Å²) in [5.41, 5.74) is 2.36. The summed E-state index contributed by atoms with van der Waals surface area (Å²) in [4.78, 5) is 18.8. The van der Waals surface area contributed by atoms with Crippen LogP contribution in [0.4, 0.5) is 0 Å². The van der Waals surface area contributed by atoms with Crippen molar-refractivity contribution >= 4 is 5.91 Å². The van der Waals surface area contributed by atoms with Crippen molar-refractivity contribution in [2.75, 3.05) is 21.3 Å². The van der Waals surface area contributed by atoms with Crippen LogP contribution in [0.25, 0.3) is 11.4 Å². The number of nitrogens with zero attached hydrogens (tertiary/aromatic N) is 3. The quantitative estimate of drug-likeness (QED) is 0.665. The SMILES string of the molecule is COc1cccc(OC)c1C(=O)N(C)Cc1nc(-c2ccc(C)cc2)no1. The van der Waals surface area contributed by atoms with Gasteiger partial charge in [-0.3, -0.25) is 4.79 Å². The maximum Gasteiger partial charge on any atom is 0.261 e. The van der Waals surface area contributed by atoms with Gasteiger partial charge in [0.25, 0.3) is 5.91 Å². The molecule has 0 atom stereocenters. The van der Waals surface area contributed by atoms with Crippen LogP contribution in [-0.4, -0.2) is 42.2 Å². The second-order valence-corrected chi connectivity index (χ2v) is 6.08. The van der Waals surface area contributed by atoms with Gasteiger partial charge in [-0.25, -0.2) is 0 Å². The third-order valence-electron chi connectivity index (χ3n) is 4.14. The molecule has 0 aliphatic carbocycles. The number of ether oxygens (including phenoxy) is 2. The molecule has 7 heteroatoms. The fourth-order valence-electron chi connectivity index (χ4n) is 2.67. The maximum atomic E-state index is 12.9. The standard InChI is InChI=1S/C20H21N3O4/c1-13-8-10-14(11-9-13)19-21-17(27-22-19)12-23(2)20(24)18-15(25-3)6-5-7-16(18)26-4/h5-11H,12H2,1-4H3. The van der Waals surface area contributed by atoms with Gasteiger partial charge < -0.3 is 18.9 Å². The van der Waals surface area contributed by atoms with Gasteiger partial charge in [0.15, 0.2) is 0 Å². The minimum absolute atomic E-state index is 0.166. The average Bonchev–Trinajstić information content (AvgIpc) is 3.15. The molecule has 0 aliphatic rings. The normalized spacial score (nSPS) is 10.5. The number of hydrogen-bond donors (Lipinski definition) is 0. The summed E-state index contributed by atoms with van der Waals surface area (Å²) in [6.45, 7) is 2.18. The van der Waals surface area contributed by atoms with Gasteiger partial charge in [-0.1, -0.05) is 41.1 Å². The van der Waals surface area contributed by atoms with Crippen LogP contribution < -0.4 is 9.47 Å².